The Bertz CT molecular complexity index is 461. The maximum absolute atomic E-state index is 12.1. The van der Waals surface area contributed by atoms with Crippen molar-refractivity contribution in [1.29, 1.82) is 0 Å². The van der Waals surface area contributed by atoms with Crippen LogP contribution in [0.25, 0.3) is 0 Å². The molecule has 1 aromatic rings. The highest BCUT2D eigenvalue weighted by atomic mass is 35.5. The highest BCUT2D eigenvalue weighted by Crippen LogP contribution is 2.13. The van der Waals surface area contributed by atoms with Gasteiger partial charge in [0.1, 0.15) is 0 Å². The van der Waals surface area contributed by atoms with Crippen molar-refractivity contribution in [3.05, 3.63) is 34.9 Å². The maximum Gasteiger partial charge on any atom is 0.220 e. The Morgan fingerprint density at radius 2 is 1.90 bits per heavy atom. The van der Waals surface area contributed by atoms with Gasteiger partial charge in [0, 0.05) is 24.9 Å². The maximum atomic E-state index is 12.1. The number of aryl methyl sites for hydroxylation is 2. The van der Waals surface area contributed by atoms with Crippen LogP contribution in [0.4, 0.5) is 0 Å². The lowest BCUT2D eigenvalue weighted by atomic mass is 9.99. The number of hydrogen-bond acceptors (Lipinski definition) is 3. The van der Waals surface area contributed by atoms with Crippen molar-refractivity contribution >= 4 is 24.1 Å². The second kappa shape index (κ2) is 9.50. The van der Waals surface area contributed by atoms with Gasteiger partial charge >= 0.3 is 0 Å². The van der Waals surface area contributed by atoms with Gasteiger partial charge in [-0.1, -0.05) is 17.7 Å². The summed E-state index contributed by atoms with van der Waals surface area (Å²) < 4.78 is 0. The first kappa shape index (κ1) is 18.6. The van der Waals surface area contributed by atoms with E-state index in [4.69, 9.17) is 5.73 Å². The molecule has 0 spiro atoms. The van der Waals surface area contributed by atoms with E-state index in [2.05, 4.69) is 5.32 Å². The molecule has 20 heavy (non-hydrogen) atoms. The Balaban J connectivity index is 0.00000361. The number of Topliss-reactive ketones (excluding diaryl/α,β-unsaturated/α-hetero) is 1. The first-order chi connectivity index (χ1) is 9.04. The van der Waals surface area contributed by atoms with Crippen molar-refractivity contribution in [2.45, 2.75) is 33.1 Å². The van der Waals surface area contributed by atoms with Gasteiger partial charge in [0.05, 0.1) is 0 Å². The Morgan fingerprint density at radius 3 is 2.55 bits per heavy atom. The van der Waals surface area contributed by atoms with E-state index in [0.29, 0.717) is 13.1 Å². The van der Waals surface area contributed by atoms with Crippen molar-refractivity contribution in [3.8, 4) is 0 Å². The molecular weight excluding hydrogens is 276 g/mol. The van der Waals surface area contributed by atoms with Crippen molar-refractivity contribution in [1.82, 2.24) is 5.32 Å². The molecular formula is C15H23ClN2O2. The van der Waals surface area contributed by atoms with Gasteiger partial charge in [0.2, 0.25) is 5.91 Å². The lowest BCUT2D eigenvalue weighted by Crippen LogP contribution is -2.26. The van der Waals surface area contributed by atoms with Gasteiger partial charge in [-0.25, -0.2) is 0 Å². The van der Waals surface area contributed by atoms with Crippen LogP contribution in [-0.2, 0) is 4.79 Å². The quantitative estimate of drug-likeness (QED) is 0.598. The van der Waals surface area contributed by atoms with Crippen molar-refractivity contribution < 1.29 is 9.59 Å². The first-order valence-corrected chi connectivity index (χ1v) is 6.62. The Kier molecular flexibility index (Phi) is 8.84. The van der Waals surface area contributed by atoms with Gasteiger partial charge in [-0.3, -0.25) is 9.59 Å². The highest BCUT2D eigenvalue weighted by Gasteiger charge is 2.11. The minimum Gasteiger partial charge on any atom is -0.356 e. The van der Waals surface area contributed by atoms with E-state index in [1.807, 2.05) is 32.0 Å². The molecule has 0 aliphatic carbocycles. The van der Waals surface area contributed by atoms with E-state index in [-0.39, 0.29) is 36.9 Å². The average Bonchev–Trinajstić information content (AvgIpc) is 2.39. The smallest absolute Gasteiger partial charge is 0.220 e. The van der Waals surface area contributed by atoms with Crippen molar-refractivity contribution in [2.75, 3.05) is 13.1 Å². The van der Waals surface area contributed by atoms with E-state index in [1.165, 1.54) is 0 Å². The van der Waals surface area contributed by atoms with Gasteiger partial charge in [0.15, 0.2) is 5.78 Å². The summed E-state index contributed by atoms with van der Waals surface area (Å²) in [4.78, 5) is 23.6. The van der Waals surface area contributed by atoms with Crippen LogP contribution < -0.4 is 11.1 Å². The topological polar surface area (TPSA) is 72.2 Å². The second-order valence-electron chi connectivity index (χ2n) is 4.73. The molecule has 0 atom stereocenters. The number of rotatable bonds is 7. The van der Waals surface area contributed by atoms with Crippen LogP contribution in [0.15, 0.2) is 18.2 Å². The molecule has 0 aliphatic rings. The van der Waals surface area contributed by atoms with Crippen LogP contribution in [0.3, 0.4) is 0 Å². The first-order valence-electron chi connectivity index (χ1n) is 6.62. The standard InChI is InChI=1S/C15H22N2O2.ClH/c1-11-4-5-12(2)13(10-11)14(18)6-7-15(19)17-9-3-8-16;/h4-5,10H,3,6-9,16H2,1-2H3,(H,17,19);1H. The zero-order valence-corrected chi connectivity index (χ0v) is 12.9. The summed E-state index contributed by atoms with van der Waals surface area (Å²) in [6.45, 7) is 5.00. The molecule has 0 saturated carbocycles. The van der Waals surface area contributed by atoms with Gasteiger partial charge in [-0.15, -0.1) is 12.4 Å². The summed E-state index contributed by atoms with van der Waals surface area (Å²) >= 11 is 0. The molecule has 0 aromatic heterocycles. The summed E-state index contributed by atoms with van der Waals surface area (Å²) in [6, 6.07) is 5.79. The predicted octanol–water partition coefficient (Wildman–Crippen LogP) is 2.15. The third-order valence-electron chi connectivity index (χ3n) is 2.98. The molecule has 4 nitrogen and oxygen atoms in total. The van der Waals surface area contributed by atoms with E-state index in [1.54, 1.807) is 0 Å². The molecule has 1 rings (SSSR count). The van der Waals surface area contributed by atoms with Crippen molar-refractivity contribution in [3.63, 3.8) is 0 Å². The predicted molar refractivity (Wildman–Crippen MR) is 83.4 cm³/mol. The zero-order valence-electron chi connectivity index (χ0n) is 12.1. The number of carbonyl (C=O) groups is 2. The molecule has 3 N–H and O–H groups in total. The number of carbonyl (C=O) groups excluding carboxylic acids is 2. The molecule has 0 unspecified atom stereocenters. The monoisotopic (exact) mass is 298 g/mol. The molecule has 0 bridgehead atoms. The Hall–Kier alpha value is -1.39. The third-order valence-corrected chi connectivity index (χ3v) is 2.98. The van der Waals surface area contributed by atoms with E-state index >= 15 is 0 Å². The Morgan fingerprint density at radius 1 is 1.20 bits per heavy atom. The SMILES string of the molecule is Cc1ccc(C)c(C(=O)CCC(=O)NCCCN)c1.Cl. The number of nitrogens with one attached hydrogen (secondary N) is 1. The zero-order chi connectivity index (χ0) is 14.3. The van der Waals surface area contributed by atoms with Crippen molar-refractivity contribution in [2.24, 2.45) is 5.73 Å². The summed E-state index contributed by atoms with van der Waals surface area (Å²) in [5.41, 5.74) is 8.07. The van der Waals surface area contributed by atoms with Crippen LogP contribution in [0.2, 0.25) is 0 Å². The number of nitrogens with two attached hydrogens (primary N) is 1. The van der Waals surface area contributed by atoms with Crippen LogP contribution in [0.5, 0.6) is 0 Å². The molecule has 5 heteroatoms. The largest absolute Gasteiger partial charge is 0.356 e. The van der Waals surface area contributed by atoms with Crippen LogP contribution >= 0.6 is 12.4 Å². The normalized spacial score (nSPS) is 9.75. The molecule has 0 fully saturated rings. The summed E-state index contributed by atoms with van der Waals surface area (Å²) in [7, 11) is 0. The van der Waals surface area contributed by atoms with E-state index in [9.17, 15) is 9.59 Å². The lowest BCUT2D eigenvalue weighted by molar-refractivity contribution is -0.121. The van der Waals surface area contributed by atoms with Crippen LogP contribution in [0, 0.1) is 13.8 Å². The molecule has 0 saturated heterocycles. The number of ketones is 1. The number of hydrogen-bond donors (Lipinski definition) is 2. The molecule has 1 aromatic carbocycles. The molecule has 0 radical (unpaired) electrons. The van der Waals surface area contributed by atoms with Crippen LogP contribution in [-0.4, -0.2) is 24.8 Å². The molecule has 112 valence electrons. The third kappa shape index (κ3) is 6.17. The van der Waals surface area contributed by atoms with Gasteiger partial charge < -0.3 is 11.1 Å². The minimum absolute atomic E-state index is 0. The van der Waals surface area contributed by atoms with Gasteiger partial charge in [-0.05, 0) is 38.4 Å². The highest BCUT2D eigenvalue weighted by molar-refractivity contribution is 5.99. The van der Waals surface area contributed by atoms with Gasteiger partial charge in [-0.2, -0.15) is 0 Å². The molecule has 1 amide bonds. The summed E-state index contributed by atoms with van der Waals surface area (Å²) in [6.07, 6.45) is 1.24. The fourth-order valence-electron chi connectivity index (χ4n) is 1.82. The fraction of sp³-hybridized carbons (Fsp3) is 0.467. The lowest BCUT2D eigenvalue weighted by Gasteiger charge is -2.07. The van der Waals surface area contributed by atoms with Gasteiger partial charge in [0.25, 0.3) is 0 Å². The summed E-state index contributed by atoms with van der Waals surface area (Å²) in [5, 5.41) is 2.75. The minimum atomic E-state index is -0.0906. The molecule has 0 heterocycles. The number of halogens is 1. The average molecular weight is 299 g/mol. The van der Waals surface area contributed by atoms with E-state index < -0.39 is 0 Å². The Labute approximate surface area is 126 Å². The van der Waals surface area contributed by atoms with E-state index in [0.717, 1.165) is 23.1 Å². The summed E-state index contributed by atoms with van der Waals surface area (Å²) in [5.74, 6) is -0.0673. The number of amides is 1. The second-order valence-corrected chi connectivity index (χ2v) is 4.73. The molecule has 0 aliphatic heterocycles. The number of benzene rings is 1. The van der Waals surface area contributed by atoms with Crippen LogP contribution in [0.1, 0.15) is 40.7 Å². The fourth-order valence-corrected chi connectivity index (χ4v) is 1.82.